The van der Waals surface area contributed by atoms with Gasteiger partial charge in [-0.25, -0.2) is 0 Å². The van der Waals surface area contributed by atoms with E-state index < -0.39 is 8.25 Å². The van der Waals surface area contributed by atoms with E-state index in [1.54, 1.807) is 22.7 Å². The molecule has 0 amide bonds. The molecule has 0 saturated heterocycles. The van der Waals surface area contributed by atoms with E-state index in [0.29, 0.717) is 38.3 Å². The Morgan fingerprint density at radius 2 is 0.985 bits per heavy atom. The summed E-state index contributed by atoms with van der Waals surface area (Å²) in [7, 11) is -2.54. The SMILES string of the molecule is CC(C)Cc1ccc(CCCOc2ccc(CNCCCO[PH](=O)OCCCNCc3ccc(OCCCc4ccc(CC(C)C)c(Br)c4)c(-c4cccs4)c3)cc2-c2cccs2)cc1Br. The highest BCUT2D eigenvalue weighted by molar-refractivity contribution is 9.10. The Hall–Kier alpha value is -3.09. The molecule has 0 bridgehead atoms. The fourth-order valence-corrected chi connectivity index (χ4v) is 11.1. The molecule has 4 aromatic carbocycles. The van der Waals surface area contributed by atoms with E-state index in [2.05, 4.69) is 178 Å². The van der Waals surface area contributed by atoms with Gasteiger partial charge in [-0.2, -0.15) is 0 Å². The maximum atomic E-state index is 12.4. The highest BCUT2D eigenvalue weighted by Crippen LogP contribution is 2.36. The van der Waals surface area contributed by atoms with Gasteiger partial charge >= 0.3 is 8.25 Å². The van der Waals surface area contributed by atoms with Gasteiger partial charge in [0.15, 0.2) is 0 Å². The standard InChI is InChI=1S/C54H67Br2N2O5PS2/c1-39(2)31-45-19-15-41(35-49(45)55)11-5-25-60-51-21-17-43(33-47(51)53-13-7-29-65-53)37-57-23-9-27-62-64(59)63-28-10-24-58-38-44-18-22-52(48(34-44)54-14-8-30-66-54)61-26-6-12-42-16-20-46(32-40(3)4)50(56)36-42/h7-8,13-22,29-30,33-36,39-40,57-58,64H,5-6,9-12,23-28,31-32,37-38H2,1-4H3. The summed E-state index contributed by atoms with van der Waals surface area (Å²) in [5.41, 5.74) is 10.0. The molecular weight excluding hydrogens is 1010 g/mol. The van der Waals surface area contributed by atoms with Crippen LogP contribution in [0.15, 0.2) is 117 Å². The van der Waals surface area contributed by atoms with Gasteiger partial charge in [-0.05, 0) is 169 Å². The number of thiophene rings is 2. The lowest BCUT2D eigenvalue weighted by molar-refractivity contribution is 0.220. The number of ether oxygens (including phenoxy) is 2. The predicted molar refractivity (Wildman–Crippen MR) is 286 cm³/mol. The summed E-state index contributed by atoms with van der Waals surface area (Å²) in [6, 6.07) is 34.9. The van der Waals surface area contributed by atoms with Gasteiger partial charge in [0.2, 0.25) is 0 Å². The lowest BCUT2D eigenvalue weighted by Gasteiger charge is -2.14. The van der Waals surface area contributed by atoms with Crippen LogP contribution in [0.25, 0.3) is 20.9 Å². The van der Waals surface area contributed by atoms with Gasteiger partial charge in [0, 0.05) is 42.9 Å². The van der Waals surface area contributed by atoms with Crippen molar-refractivity contribution in [3.63, 3.8) is 0 Å². The Morgan fingerprint density at radius 3 is 1.38 bits per heavy atom. The predicted octanol–water partition coefficient (Wildman–Crippen LogP) is 15.2. The molecule has 0 fully saturated rings. The van der Waals surface area contributed by atoms with Crippen LogP contribution in [0, 0.1) is 11.8 Å². The molecule has 0 aliphatic carbocycles. The molecule has 66 heavy (non-hydrogen) atoms. The number of rotatable bonds is 30. The summed E-state index contributed by atoms with van der Waals surface area (Å²) in [5.74, 6) is 3.10. The third-order valence-corrected chi connectivity index (χ3v) is 15.1. The molecule has 2 N–H and O–H groups in total. The van der Waals surface area contributed by atoms with Crippen molar-refractivity contribution in [3.05, 3.63) is 150 Å². The minimum absolute atomic E-state index is 0.381. The van der Waals surface area contributed by atoms with Gasteiger partial charge in [-0.1, -0.05) is 108 Å². The van der Waals surface area contributed by atoms with Crippen LogP contribution in [0.4, 0.5) is 0 Å². The van der Waals surface area contributed by atoms with Crippen LogP contribution in [0.5, 0.6) is 11.5 Å². The van der Waals surface area contributed by atoms with Gasteiger partial charge in [0.25, 0.3) is 0 Å². The van der Waals surface area contributed by atoms with Gasteiger partial charge in [-0.15, -0.1) is 22.7 Å². The van der Waals surface area contributed by atoms with Crippen molar-refractivity contribution in [3.8, 4) is 32.4 Å². The van der Waals surface area contributed by atoms with E-state index >= 15 is 0 Å². The second-order valence-electron chi connectivity index (χ2n) is 17.6. The number of nitrogens with one attached hydrogen (secondary N) is 2. The molecular formula is C54H67Br2N2O5PS2. The molecule has 2 aromatic heterocycles. The number of benzene rings is 4. The number of aryl methyl sites for hydroxylation is 2. The Bertz CT molecular complexity index is 2210. The van der Waals surface area contributed by atoms with Gasteiger partial charge in [-0.3, -0.25) is 4.57 Å². The average Bonchev–Trinajstić information content (AvgIpc) is 4.05. The van der Waals surface area contributed by atoms with Crippen LogP contribution in [0.1, 0.15) is 86.8 Å². The minimum atomic E-state index is -2.54. The fraction of sp³-hybridized carbons (Fsp3) is 0.407. The van der Waals surface area contributed by atoms with Crippen LogP contribution in [0.3, 0.4) is 0 Å². The first-order valence-corrected chi connectivity index (χ1v) is 28.0. The Labute approximate surface area is 419 Å². The molecule has 6 rings (SSSR count). The van der Waals surface area contributed by atoms with Crippen molar-refractivity contribution in [2.45, 2.75) is 92.2 Å². The third kappa shape index (κ3) is 17.8. The van der Waals surface area contributed by atoms with Crippen molar-refractivity contribution in [2.75, 3.05) is 39.5 Å². The first kappa shape index (κ1) is 52.3. The normalized spacial score (nSPS) is 11.7. The topological polar surface area (TPSA) is 78.1 Å². The summed E-state index contributed by atoms with van der Waals surface area (Å²) in [6.07, 6.45) is 7.46. The lowest BCUT2D eigenvalue weighted by Crippen LogP contribution is -2.16. The zero-order chi connectivity index (χ0) is 46.5. The molecule has 354 valence electrons. The van der Waals surface area contributed by atoms with Crippen molar-refractivity contribution in [2.24, 2.45) is 11.8 Å². The molecule has 2 heterocycles. The Morgan fingerprint density at radius 1 is 0.545 bits per heavy atom. The molecule has 0 radical (unpaired) electrons. The molecule has 0 atom stereocenters. The van der Waals surface area contributed by atoms with Crippen LogP contribution < -0.4 is 20.1 Å². The molecule has 0 spiro atoms. The molecule has 12 heteroatoms. The second-order valence-corrected chi connectivity index (χ2v) is 22.3. The number of hydrogen-bond acceptors (Lipinski definition) is 9. The molecule has 6 aromatic rings. The van der Waals surface area contributed by atoms with Gasteiger partial charge < -0.3 is 29.2 Å². The van der Waals surface area contributed by atoms with E-state index in [9.17, 15) is 4.57 Å². The largest absolute Gasteiger partial charge is 0.493 e. The third-order valence-electron chi connectivity index (χ3n) is 11.0. The van der Waals surface area contributed by atoms with Gasteiger partial charge in [0.05, 0.1) is 26.4 Å². The number of halogens is 2. The van der Waals surface area contributed by atoms with Crippen molar-refractivity contribution >= 4 is 62.8 Å². The maximum absolute atomic E-state index is 12.4. The number of hydrogen-bond donors (Lipinski definition) is 2. The van der Waals surface area contributed by atoms with Crippen LogP contribution >= 0.6 is 62.8 Å². The lowest BCUT2D eigenvalue weighted by atomic mass is 10.0. The summed E-state index contributed by atoms with van der Waals surface area (Å²) < 4.78 is 38.6. The highest BCUT2D eigenvalue weighted by Gasteiger charge is 2.13. The summed E-state index contributed by atoms with van der Waals surface area (Å²) in [6.45, 7) is 14.0. The first-order valence-electron chi connectivity index (χ1n) is 23.5. The zero-order valence-electron chi connectivity index (χ0n) is 39.0. The minimum Gasteiger partial charge on any atom is -0.493 e. The van der Waals surface area contributed by atoms with Gasteiger partial charge in [0.1, 0.15) is 11.5 Å². The van der Waals surface area contributed by atoms with Crippen molar-refractivity contribution < 1.29 is 23.1 Å². The molecule has 7 nitrogen and oxygen atoms in total. The quantitative estimate of drug-likeness (QED) is 0.0344. The first-order chi connectivity index (χ1) is 32.1. The maximum Gasteiger partial charge on any atom is 0.319 e. The molecule has 0 saturated carbocycles. The molecule has 0 aliphatic rings. The van der Waals surface area contributed by atoms with Crippen LogP contribution in [-0.4, -0.2) is 39.5 Å². The Kier molecular flexibility index (Phi) is 22.5. The van der Waals surface area contributed by atoms with E-state index in [1.807, 2.05) is 0 Å². The second kappa shape index (κ2) is 28.4. The molecule has 0 unspecified atom stereocenters. The van der Waals surface area contributed by atoms with Crippen LogP contribution in [-0.2, 0) is 52.4 Å². The summed E-state index contributed by atoms with van der Waals surface area (Å²) in [5, 5.41) is 11.2. The van der Waals surface area contributed by atoms with Crippen molar-refractivity contribution in [1.29, 1.82) is 0 Å². The van der Waals surface area contributed by atoms with E-state index in [0.717, 1.165) is 100 Å². The summed E-state index contributed by atoms with van der Waals surface area (Å²) in [4.78, 5) is 2.39. The van der Waals surface area contributed by atoms with E-state index in [-0.39, 0.29) is 0 Å². The average molecular weight is 1080 g/mol. The molecule has 0 aliphatic heterocycles. The van der Waals surface area contributed by atoms with Crippen molar-refractivity contribution in [1.82, 2.24) is 10.6 Å². The summed E-state index contributed by atoms with van der Waals surface area (Å²) >= 11 is 11.0. The Balaban J connectivity index is 0.831. The van der Waals surface area contributed by atoms with Crippen LogP contribution in [0.2, 0.25) is 0 Å². The van der Waals surface area contributed by atoms with E-state index in [1.165, 1.54) is 52.1 Å². The smallest absolute Gasteiger partial charge is 0.319 e. The van der Waals surface area contributed by atoms with E-state index in [4.69, 9.17) is 18.5 Å². The monoisotopic (exact) mass is 1080 g/mol. The highest BCUT2D eigenvalue weighted by atomic mass is 79.9. The zero-order valence-corrected chi connectivity index (χ0v) is 44.8. The fourth-order valence-electron chi connectivity index (χ4n) is 7.71.